The van der Waals surface area contributed by atoms with Gasteiger partial charge in [0.25, 0.3) is 0 Å². The van der Waals surface area contributed by atoms with Gasteiger partial charge in [0, 0.05) is 12.8 Å². The number of hydrogen-bond acceptors (Lipinski definition) is 5. The molecule has 2 aromatic carbocycles. The van der Waals surface area contributed by atoms with E-state index >= 15 is 0 Å². The number of ether oxygens (including phenoxy) is 2. The average Bonchev–Trinajstić information content (AvgIpc) is 2.77. The van der Waals surface area contributed by atoms with E-state index in [0.29, 0.717) is 4.48 Å². The molecule has 2 aromatic rings. The molecule has 0 spiro atoms. The summed E-state index contributed by atoms with van der Waals surface area (Å²) in [5, 5.41) is 5.22. The smallest absolute Gasteiger partial charge is 0.408 e. The Labute approximate surface area is 189 Å². The maximum absolute atomic E-state index is 12.9. The molecule has 2 atom stereocenters. The minimum atomic E-state index is -0.957. The highest BCUT2D eigenvalue weighted by Crippen LogP contribution is 2.12. The van der Waals surface area contributed by atoms with Crippen LogP contribution >= 0.6 is 15.9 Å². The number of amides is 2. The maximum atomic E-state index is 12.9. The van der Waals surface area contributed by atoms with E-state index in [1.54, 1.807) is 0 Å². The van der Waals surface area contributed by atoms with E-state index in [0.717, 1.165) is 11.1 Å². The Hall–Kier alpha value is -3.13. The molecular weight excluding hydrogens is 464 g/mol. The van der Waals surface area contributed by atoms with Crippen molar-refractivity contribution in [3.05, 3.63) is 82.9 Å². The zero-order valence-corrected chi connectivity index (χ0v) is 18.8. The van der Waals surface area contributed by atoms with Crippen molar-refractivity contribution in [1.29, 1.82) is 0 Å². The number of esters is 1. The number of rotatable bonds is 10. The molecule has 2 rings (SSSR count). The molecule has 0 fully saturated rings. The van der Waals surface area contributed by atoms with Crippen molar-refractivity contribution in [3.63, 3.8) is 0 Å². The first-order chi connectivity index (χ1) is 14.9. The minimum absolute atomic E-state index is 0.0700. The second-order valence-corrected chi connectivity index (χ2v) is 7.88. The Morgan fingerprint density at radius 3 is 2.06 bits per heavy atom. The van der Waals surface area contributed by atoms with Gasteiger partial charge in [0.15, 0.2) is 0 Å². The lowest BCUT2D eigenvalue weighted by Crippen LogP contribution is -2.52. The van der Waals surface area contributed by atoms with Crippen molar-refractivity contribution in [2.24, 2.45) is 0 Å². The molecule has 0 aliphatic heterocycles. The zero-order valence-electron chi connectivity index (χ0n) is 17.2. The molecule has 0 aromatic heterocycles. The van der Waals surface area contributed by atoms with Gasteiger partial charge in [0.2, 0.25) is 5.91 Å². The summed E-state index contributed by atoms with van der Waals surface area (Å²) in [6, 6.07) is 16.5. The number of methoxy groups -OCH3 is 1. The van der Waals surface area contributed by atoms with Crippen molar-refractivity contribution < 1.29 is 23.9 Å². The Kier molecular flexibility index (Phi) is 9.77. The predicted octanol–water partition coefficient (Wildman–Crippen LogP) is 3.48. The molecule has 0 heterocycles. The fraction of sp³-hybridized carbons (Fsp3) is 0.261. The van der Waals surface area contributed by atoms with E-state index in [1.165, 1.54) is 7.11 Å². The Morgan fingerprint density at radius 2 is 1.52 bits per heavy atom. The highest BCUT2D eigenvalue weighted by molar-refractivity contribution is 9.11. The lowest BCUT2D eigenvalue weighted by molar-refractivity contribution is -0.145. The first-order valence-electron chi connectivity index (χ1n) is 9.61. The van der Waals surface area contributed by atoms with Gasteiger partial charge in [-0.1, -0.05) is 83.2 Å². The molecular formula is C23H25BrN2O5. The largest absolute Gasteiger partial charge is 0.467 e. The molecule has 31 heavy (non-hydrogen) atoms. The molecule has 0 aliphatic rings. The van der Waals surface area contributed by atoms with Gasteiger partial charge in [0.05, 0.1) is 7.11 Å². The topological polar surface area (TPSA) is 93.7 Å². The first-order valence-corrected chi connectivity index (χ1v) is 10.4. The van der Waals surface area contributed by atoms with E-state index in [2.05, 4.69) is 33.1 Å². The van der Waals surface area contributed by atoms with Crippen molar-refractivity contribution in [2.75, 3.05) is 7.11 Å². The van der Waals surface area contributed by atoms with Gasteiger partial charge in [-0.25, -0.2) is 9.59 Å². The van der Waals surface area contributed by atoms with Crippen LogP contribution in [-0.2, 0) is 32.1 Å². The highest BCUT2D eigenvalue weighted by Gasteiger charge is 2.28. The van der Waals surface area contributed by atoms with Crippen molar-refractivity contribution >= 4 is 33.9 Å². The van der Waals surface area contributed by atoms with Crippen molar-refractivity contribution in [1.82, 2.24) is 10.6 Å². The molecule has 0 saturated heterocycles. The highest BCUT2D eigenvalue weighted by atomic mass is 79.9. The van der Waals surface area contributed by atoms with Crippen LogP contribution in [0.1, 0.15) is 17.5 Å². The Bertz CT molecular complexity index is 889. The summed E-state index contributed by atoms with van der Waals surface area (Å²) in [5.74, 6) is -1.15. The number of halogens is 1. The molecule has 7 nitrogen and oxygen atoms in total. The number of hydrogen-bond donors (Lipinski definition) is 2. The second-order valence-electron chi connectivity index (χ2n) is 6.75. The van der Waals surface area contributed by atoms with E-state index < -0.39 is 30.1 Å². The molecule has 0 unspecified atom stereocenters. The van der Waals surface area contributed by atoms with Crippen LogP contribution in [0.4, 0.5) is 4.79 Å². The summed E-state index contributed by atoms with van der Waals surface area (Å²) in [5.41, 5.74) is 1.66. The summed E-state index contributed by atoms with van der Waals surface area (Å²) < 4.78 is 10.5. The standard InChI is InChI=1S/C23H25BrN2O5/c1-16(24)13-20(22(28)30-2)25-21(27)19(14-17-9-5-3-6-10-17)26-23(29)31-15-18-11-7-4-8-12-18/h3-12,19-20H,1,13-15H2,2H3,(H,25,27)(H,26,29)/t19-,20+/m1/s1. The molecule has 2 N–H and O–H groups in total. The van der Waals surface area contributed by atoms with Gasteiger partial charge in [-0.15, -0.1) is 0 Å². The van der Waals surface area contributed by atoms with E-state index in [1.807, 2.05) is 60.7 Å². The quantitative estimate of drug-likeness (QED) is 0.499. The van der Waals surface area contributed by atoms with E-state index in [4.69, 9.17) is 9.47 Å². The van der Waals surface area contributed by atoms with Gasteiger partial charge in [-0.3, -0.25) is 4.79 Å². The third-order valence-electron chi connectivity index (χ3n) is 4.33. The molecule has 0 bridgehead atoms. The molecule has 0 aliphatic carbocycles. The van der Waals surface area contributed by atoms with E-state index in [-0.39, 0.29) is 19.4 Å². The summed E-state index contributed by atoms with van der Waals surface area (Å²) >= 11 is 3.19. The van der Waals surface area contributed by atoms with E-state index in [9.17, 15) is 14.4 Å². The van der Waals surface area contributed by atoms with Crippen LogP contribution in [0.25, 0.3) is 0 Å². The zero-order chi connectivity index (χ0) is 22.6. The molecule has 8 heteroatoms. The summed E-state index contributed by atoms with van der Waals surface area (Å²) in [4.78, 5) is 37.3. The van der Waals surface area contributed by atoms with Crippen LogP contribution < -0.4 is 10.6 Å². The second kappa shape index (κ2) is 12.5. The monoisotopic (exact) mass is 488 g/mol. The summed E-state index contributed by atoms with van der Waals surface area (Å²) in [7, 11) is 1.24. The number of benzene rings is 2. The first kappa shape index (κ1) is 24.1. The average molecular weight is 489 g/mol. The number of alkyl carbamates (subject to hydrolysis) is 1. The third-order valence-corrected chi connectivity index (χ3v) is 4.66. The van der Waals surface area contributed by atoms with Gasteiger partial charge in [-0.05, 0) is 15.6 Å². The molecule has 164 valence electrons. The SMILES string of the molecule is C=C(Br)C[C@H](NC(=O)[C@@H](Cc1ccccc1)NC(=O)OCc1ccccc1)C(=O)OC. The van der Waals surface area contributed by atoms with Crippen LogP contribution in [0.2, 0.25) is 0 Å². The fourth-order valence-electron chi connectivity index (χ4n) is 2.80. The van der Waals surface area contributed by atoms with Crippen LogP contribution in [-0.4, -0.2) is 37.2 Å². The fourth-order valence-corrected chi connectivity index (χ4v) is 3.12. The number of carbonyl (C=O) groups is 3. The van der Waals surface area contributed by atoms with Crippen LogP contribution in [0.3, 0.4) is 0 Å². The normalized spacial score (nSPS) is 12.2. The molecule has 0 radical (unpaired) electrons. The van der Waals surface area contributed by atoms with Crippen molar-refractivity contribution in [3.8, 4) is 0 Å². The number of carbonyl (C=O) groups excluding carboxylic acids is 3. The lowest BCUT2D eigenvalue weighted by atomic mass is 10.0. The summed E-state index contributed by atoms with van der Waals surface area (Å²) in [6.07, 6.45) is -0.370. The van der Waals surface area contributed by atoms with Gasteiger partial charge in [-0.2, -0.15) is 0 Å². The van der Waals surface area contributed by atoms with Crippen LogP contribution in [0.15, 0.2) is 71.7 Å². The number of nitrogens with one attached hydrogen (secondary N) is 2. The van der Waals surface area contributed by atoms with Crippen LogP contribution in [0.5, 0.6) is 0 Å². The lowest BCUT2D eigenvalue weighted by Gasteiger charge is -2.22. The Morgan fingerprint density at radius 1 is 0.935 bits per heavy atom. The summed E-state index contributed by atoms with van der Waals surface area (Å²) in [6.45, 7) is 3.77. The third kappa shape index (κ3) is 8.64. The van der Waals surface area contributed by atoms with Crippen molar-refractivity contribution in [2.45, 2.75) is 31.5 Å². The van der Waals surface area contributed by atoms with Crippen LogP contribution in [0, 0.1) is 0 Å². The Balaban J connectivity index is 2.08. The molecule has 0 saturated carbocycles. The predicted molar refractivity (Wildman–Crippen MR) is 120 cm³/mol. The van der Waals surface area contributed by atoms with Gasteiger partial charge < -0.3 is 20.1 Å². The van der Waals surface area contributed by atoms with Gasteiger partial charge in [0.1, 0.15) is 18.7 Å². The molecule has 2 amide bonds. The maximum Gasteiger partial charge on any atom is 0.408 e. The van der Waals surface area contributed by atoms with Gasteiger partial charge >= 0.3 is 12.1 Å². The minimum Gasteiger partial charge on any atom is -0.467 e.